The number of nitrogens with one attached hydrogen (secondary N) is 2. The van der Waals surface area contributed by atoms with Gasteiger partial charge in [-0.15, -0.1) is 0 Å². The van der Waals surface area contributed by atoms with Crippen LogP contribution in [0.4, 0.5) is 16.3 Å². The first-order valence-electron chi connectivity index (χ1n) is 7.69. The second-order valence-electron chi connectivity index (χ2n) is 5.76. The van der Waals surface area contributed by atoms with Gasteiger partial charge in [-0.3, -0.25) is 4.79 Å². The van der Waals surface area contributed by atoms with E-state index < -0.39 is 6.03 Å². The lowest BCUT2D eigenvalue weighted by Gasteiger charge is -2.22. The van der Waals surface area contributed by atoms with Crippen LogP contribution < -0.4 is 10.6 Å². The first-order valence-corrected chi connectivity index (χ1v) is 8.44. The van der Waals surface area contributed by atoms with Crippen LogP contribution in [-0.2, 0) is 4.79 Å². The molecule has 2 aromatic rings. The summed E-state index contributed by atoms with van der Waals surface area (Å²) in [5.41, 5.74) is 0.400. The zero-order chi connectivity index (χ0) is 18.0. The highest BCUT2D eigenvalue weighted by molar-refractivity contribution is 6.43. The van der Waals surface area contributed by atoms with Gasteiger partial charge in [0.2, 0.25) is 5.91 Å². The van der Waals surface area contributed by atoms with E-state index in [1.165, 1.54) is 4.90 Å². The van der Waals surface area contributed by atoms with Gasteiger partial charge in [-0.25, -0.2) is 4.79 Å². The summed E-state index contributed by atoms with van der Waals surface area (Å²) in [5.74, 6) is 0.548. The second kappa shape index (κ2) is 7.33. The Balaban J connectivity index is 1.65. The minimum Gasteiger partial charge on any atom is -0.360 e. The fraction of sp³-hybridized carbons (Fsp3) is 0.312. The summed E-state index contributed by atoms with van der Waals surface area (Å²) in [7, 11) is 0. The fourth-order valence-corrected chi connectivity index (χ4v) is 2.65. The minimum absolute atomic E-state index is 0.0303. The Bertz CT molecular complexity index is 804. The third-order valence-corrected chi connectivity index (χ3v) is 4.47. The van der Waals surface area contributed by atoms with Gasteiger partial charge in [-0.05, 0) is 31.9 Å². The Morgan fingerprint density at radius 3 is 2.72 bits per heavy atom. The Kier molecular flexibility index (Phi) is 5.15. The average Bonchev–Trinajstić information content (AvgIpc) is 3.32. The highest BCUT2D eigenvalue weighted by atomic mass is 35.5. The molecule has 1 aromatic carbocycles. The van der Waals surface area contributed by atoms with Crippen molar-refractivity contribution in [2.24, 2.45) is 0 Å². The van der Waals surface area contributed by atoms with E-state index >= 15 is 0 Å². The molecule has 0 saturated heterocycles. The van der Waals surface area contributed by atoms with Crippen molar-refractivity contribution in [1.29, 1.82) is 0 Å². The molecule has 7 nitrogen and oxygen atoms in total. The molecule has 0 aliphatic heterocycles. The van der Waals surface area contributed by atoms with Gasteiger partial charge in [0.25, 0.3) is 0 Å². The molecular formula is C16H16Cl2N4O3. The maximum atomic E-state index is 12.5. The Morgan fingerprint density at radius 1 is 1.32 bits per heavy atom. The zero-order valence-corrected chi connectivity index (χ0v) is 14.9. The van der Waals surface area contributed by atoms with Crippen LogP contribution in [0.2, 0.25) is 10.0 Å². The van der Waals surface area contributed by atoms with Crippen molar-refractivity contribution in [2.45, 2.75) is 25.8 Å². The SMILES string of the molecule is Cc1cc(NC(=O)CN(C(=O)Nc2cccc(Cl)c2Cl)C2CC2)no1. The largest absolute Gasteiger partial charge is 0.360 e. The van der Waals surface area contributed by atoms with Crippen molar-refractivity contribution in [3.05, 3.63) is 40.1 Å². The van der Waals surface area contributed by atoms with Crippen molar-refractivity contribution in [3.8, 4) is 0 Å². The van der Waals surface area contributed by atoms with Gasteiger partial charge in [-0.2, -0.15) is 0 Å². The number of rotatable bonds is 5. The molecule has 2 N–H and O–H groups in total. The lowest BCUT2D eigenvalue weighted by molar-refractivity contribution is -0.116. The molecule has 0 bridgehead atoms. The number of carbonyl (C=O) groups excluding carboxylic acids is 2. The van der Waals surface area contributed by atoms with Crippen LogP contribution >= 0.6 is 23.2 Å². The zero-order valence-electron chi connectivity index (χ0n) is 13.4. The Labute approximate surface area is 154 Å². The monoisotopic (exact) mass is 382 g/mol. The molecule has 9 heteroatoms. The van der Waals surface area contributed by atoms with Gasteiger partial charge in [0.1, 0.15) is 12.3 Å². The topological polar surface area (TPSA) is 87.5 Å². The van der Waals surface area contributed by atoms with Gasteiger partial charge in [0, 0.05) is 12.1 Å². The van der Waals surface area contributed by atoms with Gasteiger partial charge in [0.15, 0.2) is 5.82 Å². The van der Waals surface area contributed by atoms with Crippen LogP contribution in [-0.4, -0.2) is 34.6 Å². The van der Waals surface area contributed by atoms with E-state index in [1.54, 1.807) is 31.2 Å². The van der Waals surface area contributed by atoms with E-state index in [0.717, 1.165) is 12.8 Å². The van der Waals surface area contributed by atoms with Crippen molar-refractivity contribution < 1.29 is 14.1 Å². The third-order valence-electron chi connectivity index (χ3n) is 3.65. The van der Waals surface area contributed by atoms with Crippen molar-refractivity contribution in [2.75, 3.05) is 17.2 Å². The molecule has 0 atom stereocenters. The lowest BCUT2D eigenvalue weighted by atomic mass is 10.3. The molecule has 0 spiro atoms. The van der Waals surface area contributed by atoms with Crippen LogP contribution in [0, 0.1) is 6.92 Å². The summed E-state index contributed by atoms with van der Waals surface area (Å²) < 4.78 is 4.90. The molecular weight excluding hydrogens is 367 g/mol. The molecule has 1 saturated carbocycles. The van der Waals surface area contributed by atoms with E-state index in [2.05, 4.69) is 15.8 Å². The van der Waals surface area contributed by atoms with Crippen LogP contribution in [0.1, 0.15) is 18.6 Å². The predicted molar refractivity (Wildman–Crippen MR) is 95.1 cm³/mol. The van der Waals surface area contributed by atoms with Crippen LogP contribution in [0.15, 0.2) is 28.8 Å². The average molecular weight is 383 g/mol. The number of halogens is 2. The van der Waals surface area contributed by atoms with Crippen molar-refractivity contribution in [1.82, 2.24) is 10.1 Å². The number of benzene rings is 1. The van der Waals surface area contributed by atoms with E-state index in [-0.39, 0.29) is 23.5 Å². The molecule has 132 valence electrons. The van der Waals surface area contributed by atoms with E-state index in [1.807, 2.05) is 0 Å². The first-order chi connectivity index (χ1) is 11.9. The fourth-order valence-electron chi connectivity index (χ4n) is 2.30. The summed E-state index contributed by atoms with van der Waals surface area (Å²) in [5, 5.41) is 9.61. The number of anilines is 2. The van der Waals surface area contributed by atoms with Crippen molar-refractivity contribution in [3.63, 3.8) is 0 Å². The summed E-state index contributed by atoms with van der Waals surface area (Å²) in [4.78, 5) is 26.2. The standard InChI is InChI=1S/C16H16Cl2N4O3/c1-9-7-13(21-25-9)20-14(23)8-22(10-5-6-10)16(24)19-12-4-2-3-11(17)15(12)18/h2-4,7,10H,5-6,8H2,1H3,(H,19,24)(H,20,21,23). The second-order valence-corrected chi connectivity index (χ2v) is 6.55. The smallest absolute Gasteiger partial charge is 0.322 e. The minimum atomic E-state index is -0.404. The number of hydrogen-bond donors (Lipinski definition) is 2. The number of aromatic nitrogens is 1. The number of nitrogens with zero attached hydrogens (tertiary/aromatic N) is 2. The van der Waals surface area contributed by atoms with Gasteiger partial charge in [0.05, 0.1) is 15.7 Å². The summed E-state index contributed by atoms with van der Waals surface area (Å²) >= 11 is 12.0. The number of aryl methyl sites for hydroxylation is 1. The lowest BCUT2D eigenvalue weighted by Crippen LogP contribution is -2.42. The number of hydrogen-bond acceptors (Lipinski definition) is 4. The molecule has 1 aliphatic carbocycles. The highest BCUT2D eigenvalue weighted by Gasteiger charge is 2.34. The van der Waals surface area contributed by atoms with Gasteiger partial charge in [-0.1, -0.05) is 34.4 Å². The normalized spacial score (nSPS) is 13.4. The highest BCUT2D eigenvalue weighted by Crippen LogP contribution is 2.31. The quantitative estimate of drug-likeness (QED) is 0.819. The number of carbonyl (C=O) groups is 2. The summed E-state index contributed by atoms with van der Waals surface area (Å²) in [6, 6.07) is 6.19. The summed E-state index contributed by atoms with van der Waals surface area (Å²) in [6.45, 7) is 1.63. The Hall–Kier alpha value is -2.25. The molecule has 3 rings (SSSR count). The maximum absolute atomic E-state index is 12.5. The van der Waals surface area contributed by atoms with Gasteiger partial charge >= 0.3 is 6.03 Å². The molecule has 1 aliphatic rings. The van der Waals surface area contributed by atoms with Crippen LogP contribution in [0.25, 0.3) is 0 Å². The van der Waals surface area contributed by atoms with E-state index in [9.17, 15) is 9.59 Å². The van der Waals surface area contributed by atoms with Gasteiger partial charge < -0.3 is 20.1 Å². The molecule has 0 radical (unpaired) electrons. The van der Waals surface area contributed by atoms with Crippen LogP contribution in [0.3, 0.4) is 0 Å². The molecule has 25 heavy (non-hydrogen) atoms. The predicted octanol–water partition coefficient (Wildman–Crippen LogP) is 3.92. The van der Waals surface area contributed by atoms with Crippen LogP contribution in [0.5, 0.6) is 0 Å². The first kappa shape index (κ1) is 17.6. The number of amides is 3. The third kappa shape index (κ3) is 4.43. The molecule has 1 fully saturated rings. The van der Waals surface area contributed by atoms with E-state index in [4.69, 9.17) is 27.7 Å². The molecule has 1 heterocycles. The number of urea groups is 1. The molecule has 0 unspecified atom stereocenters. The molecule has 1 aromatic heterocycles. The summed E-state index contributed by atoms with van der Waals surface area (Å²) in [6.07, 6.45) is 1.71. The maximum Gasteiger partial charge on any atom is 0.322 e. The Morgan fingerprint density at radius 2 is 2.08 bits per heavy atom. The van der Waals surface area contributed by atoms with E-state index in [0.29, 0.717) is 22.3 Å². The molecule has 3 amide bonds. The van der Waals surface area contributed by atoms with Crippen molar-refractivity contribution >= 4 is 46.6 Å².